The minimum Gasteiger partial charge on any atom is -0.394 e. The Kier molecular flexibility index (Phi) is 28.0. The number of amides is 4. The number of nitrogens with zero attached hydrogens (tertiary/aromatic N) is 4. The number of rotatable bonds is 21. The van der Waals surface area contributed by atoms with E-state index in [1.54, 1.807) is 31.2 Å². The highest BCUT2D eigenvalue weighted by atomic mass is 127. The van der Waals surface area contributed by atoms with Crippen molar-refractivity contribution in [3.63, 3.8) is 0 Å². The zero-order valence-corrected chi connectivity index (χ0v) is 67.3. The van der Waals surface area contributed by atoms with Gasteiger partial charge in [-0.3, -0.25) is 38.5 Å². The molecule has 0 aliphatic heterocycles. The lowest BCUT2D eigenvalue weighted by Gasteiger charge is -2.08. The van der Waals surface area contributed by atoms with E-state index < -0.39 is 5.91 Å². The Morgan fingerprint density at radius 2 is 0.725 bits per heavy atom. The maximum absolute atomic E-state index is 14.3. The van der Waals surface area contributed by atoms with Crippen molar-refractivity contribution in [1.82, 2.24) is 41.9 Å². The van der Waals surface area contributed by atoms with Crippen LogP contribution in [0.4, 0.5) is 17.6 Å². The van der Waals surface area contributed by atoms with E-state index in [0.717, 1.165) is 100 Å². The second-order valence-corrected chi connectivity index (χ2v) is 32.5. The normalized spacial score (nSPS) is 11.8. The van der Waals surface area contributed by atoms with E-state index in [9.17, 15) is 36.7 Å². The fourth-order valence-corrected chi connectivity index (χ4v) is 17.2. The highest BCUT2D eigenvalue weighted by Gasteiger charge is 2.27. The fourth-order valence-electron chi connectivity index (χ4n) is 10.4. The molecule has 1 aliphatic rings. The van der Waals surface area contributed by atoms with Gasteiger partial charge in [-0.2, -0.15) is 0 Å². The van der Waals surface area contributed by atoms with E-state index in [1.807, 2.05) is 100 Å². The van der Waals surface area contributed by atoms with E-state index >= 15 is 0 Å². The van der Waals surface area contributed by atoms with Crippen LogP contribution in [-0.2, 0) is 45.0 Å². The highest BCUT2D eigenvalue weighted by Crippen LogP contribution is 2.38. The first-order valence-corrected chi connectivity index (χ1v) is 39.1. The molecule has 12 aromatic rings. The molecule has 8 heterocycles. The number of aliphatic hydroxyl groups excluding tert-OH is 1. The van der Waals surface area contributed by atoms with Crippen molar-refractivity contribution in [3.8, 4) is 0 Å². The van der Waals surface area contributed by atoms with Crippen LogP contribution in [0.15, 0.2) is 121 Å². The smallest absolute Gasteiger partial charge is 0.276 e. The molecule has 5 N–H and O–H groups in total. The van der Waals surface area contributed by atoms with Crippen molar-refractivity contribution in [1.29, 1.82) is 0 Å². The van der Waals surface area contributed by atoms with Gasteiger partial charge < -0.3 is 5.11 Å². The van der Waals surface area contributed by atoms with Crippen LogP contribution in [0.3, 0.4) is 0 Å². The van der Waals surface area contributed by atoms with Gasteiger partial charge in [0, 0.05) is 104 Å². The number of benzene rings is 4. The molecule has 4 amide bonds. The maximum Gasteiger partial charge on any atom is 0.276 e. The second-order valence-electron chi connectivity index (χ2n) is 23.2. The molecule has 0 atom stereocenters. The number of fused-ring (bicyclic) bond motifs is 4. The first-order valence-electron chi connectivity index (χ1n) is 31.5. The summed E-state index contributed by atoms with van der Waals surface area (Å²) in [4.78, 5) is 94.5. The standard InChI is InChI=1S/C20H18FIN2O2S.C18H16FIN2O3S.C18H16FIN2O2S.C17H14FIN2O2S/c1-11-2-7-15-18(19(25)24-26-10-12-3-4-12)17(27-20(15)23-11)8-13-5-6-14(22)9-16(13)21;1-10-2-5-13-16(17(24)22-25-7-6-23)15(26-18(13)21-10)8-11-3-4-12(20)9-14(11)19;1-3-24-22-17(23)16-13-7-4-10(2)21-18(13)25-15(16)8-11-5-6-12(20)9-14(11)19;1-9-3-6-12-15(16(22)21-23-2)14(24-17(12)20-9)7-10-4-5-11(19)8-13(10)18/h2,5-7,9,12H,3-4,8,10H2,1H3,(H,24,25);2-5,9,23H,6-8H2,1H3,(H,22,24);4-7,9H,3,8H2,1-2H3,(H,22,23);3-6,8H,7H2,1-2H3,(H,21,22). The summed E-state index contributed by atoms with van der Waals surface area (Å²) in [5.74, 6) is -1.98. The SMILES string of the molecule is CCONC(=O)c1c(Cc2ccc(I)cc2F)sc2nc(C)ccc12.CONC(=O)c1c(Cc2ccc(I)cc2F)sc2nc(C)ccc12.Cc1ccc2c(C(=O)NOCC3CC3)c(Cc3ccc(I)cc3F)sc2n1.Cc1ccc2c(C(=O)NOCCO)c(Cc3ccc(I)cc3F)sc2n1. The van der Waals surface area contributed by atoms with Gasteiger partial charge in [0.25, 0.3) is 23.6 Å². The summed E-state index contributed by atoms with van der Waals surface area (Å²) in [5.41, 5.74) is 17.2. The van der Waals surface area contributed by atoms with Gasteiger partial charge in [-0.1, -0.05) is 24.3 Å². The number of hydrogen-bond donors (Lipinski definition) is 5. The summed E-state index contributed by atoms with van der Waals surface area (Å²) in [5, 5.41) is 11.8. The number of halogens is 8. The molecule has 0 unspecified atom stereocenters. The Balaban J connectivity index is 0.000000147. The van der Waals surface area contributed by atoms with E-state index in [-0.39, 0.29) is 60.6 Å². The average Bonchev–Trinajstić information content (AvgIpc) is 1.65. The molecule has 0 spiro atoms. The minimum atomic E-state index is -0.434. The van der Waals surface area contributed by atoms with Crippen LogP contribution in [0.1, 0.15) is 126 Å². The number of aryl methyl sites for hydroxylation is 4. The number of aliphatic hydroxyl groups is 1. The van der Waals surface area contributed by atoms with E-state index in [2.05, 4.69) is 132 Å². The van der Waals surface area contributed by atoms with E-state index in [1.165, 1.54) is 76.7 Å². The Bertz CT molecular complexity index is 5090. The molecule has 17 nitrogen and oxygen atoms in total. The lowest BCUT2D eigenvalue weighted by Crippen LogP contribution is -2.25. The maximum atomic E-state index is 14.3. The van der Waals surface area contributed by atoms with Crippen LogP contribution in [0.25, 0.3) is 40.9 Å². The number of hydroxylamine groups is 4. The number of carbonyl (C=O) groups excluding carboxylic acids is 4. The van der Waals surface area contributed by atoms with Crippen molar-refractivity contribution in [2.75, 3.05) is 33.5 Å². The Labute approximate surface area is 654 Å². The summed E-state index contributed by atoms with van der Waals surface area (Å²) < 4.78 is 60.4. The third-order valence-electron chi connectivity index (χ3n) is 15.5. The average molecular weight is 1910 g/mol. The molecular formula is C73H64F4I4N8O9S4. The largest absolute Gasteiger partial charge is 0.394 e. The molecule has 4 aromatic carbocycles. The first-order chi connectivity index (χ1) is 49.0. The highest BCUT2D eigenvalue weighted by molar-refractivity contribution is 14.1. The molecule has 0 saturated heterocycles. The summed E-state index contributed by atoms with van der Waals surface area (Å²) >= 11 is 13.9. The summed E-state index contributed by atoms with van der Waals surface area (Å²) in [6.45, 7) is 10.1. The van der Waals surface area contributed by atoms with Crippen LogP contribution in [0.2, 0.25) is 0 Å². The molecule has 0 bridgehead atoms. The van der Waals surface area contributed by atoms with Crippen molar-refractivity contribution < 1.29 is 61.2 Å². The quantitative estimate of drug-likeness (QED) is 0.0196. The van der Waals surface area contributed by atoms with Crippen LogP contribution < -0.4 is 21.9 Å². The molecule has 1 aliphatic carbocycles. The van der Waals surface area contributed by atoms with Gasteiger partial charge in [0.05, 0.1) is 55.8 Å². The second kappa shape index (κ2) is 36.6. The van der Waals surface area contributed by atoms with Gasteiger partial charge in [0.1, 0.15) is 42.6 Å². The molecular weight excluding hydrogens is 1840 g/mol. The number of thiophene rings is 4. The zero-order chi connectivity index (χ0) is 72.9. The van der Waals surface area contributed by atoms with Crippen LogP contribution >= 0.6 is 136 Å². The number of aromatic nitrogens is 4. The minimum absolute atomic E-state index is 0.00769. The monoisotopic (exact) mass is 1910 g/mol. The van der Waals surface area contributed by atoms with Gasteiger partial charge in [-0.15, -0.1) is 45.3 Å². The molecule has 530 valence electrons. The molecule has 13 rings (SSSR count). The summed E-state index contributed by atoms with van der Waals surface area (Å²) in [6.07, 6.45) is 3.59. The topological polar surface area (TPSA) is 225 Å². The van der Waals surface area contributed by atoms with Crippen LogP contribution in [0, 0.1) is 71.2 Å². The summed E-state index contributed by atoms with van der Waals surface area (Å²) in [7, 11) is 1.38. The molecule has 0 radical (unpaired) electrons. The molecule has 1 fully saturated rings. The predicted molar refractivity (Wildman–Crippen MR) is 425 cm³/mol. The van der Waals surface area contributed by atoms with E-state index in [0.29, 0.717) is 93.2 Å². The lowest BCUT2D eigenvalue weighted by molar-refractivity contribution is 0.0169. The lowest BCUT2D eigenvalue weighted by atomic mass is 10.1. The number of hydrogen-bond acceptors (Lipinski definition) is 17. The molecule has 29 heteroatoms. The zero-order valence-electron chi connectivity index (χ0n) is 55.4. The first kappa shape index (κ1) is 78.2. The number of carbonyl (C=O) groups is 4. The van der Waals surface area contributed by atoms with Crippen LogP contribution in [-0.4, -0.2) is 82.2 Å². The van der Waals surface area contributed by atoms with E-state index in [4.69, 9.17) is 24.5 Å². The number of nitrogens with one attached hydrogen (secondary N) is 4. The van der Waals surface area contributed by atoms with Gasteiger partial charge in [-0.05, 0) is 263 Å². The van der Waals surface area contributed by atoms with Crippen molar-refractivity contribution >= 4 is 200 Å². The van der Waals surface area contributed by atoms with Gasteiger partial charge in [-0.25, -0.2) is 59.4 Å². The molecule has 8 aromatic heterocycles. The van der Waals surface area contributed by atoms with Crippen molar-refractivity contribution in [2.24, 2.45) is 5.92 Å². The van der Waals surface area contributed by atoms with Gasteiger partial charge in [0.15, 0.2) is 0 Å². The van der Waals surface area contributed by atoms with Crippen molar-refractivity contribution in [2.45, 2.75) is 73.1 Å². The third kappa shape index (κ3) is 20.4. The van der Waals surface area contributed by atoms with Gasteiger partial charge in [0.2, 0.25) is 0 Å². The Hall–Kier alpha value is -6.36. The fraction of sp³-hybridized carbons (Fsp3) is 0.233. The summed E-state index contributed by atoms with van der Waals surface area (Å²) in [6, 6.07) is 35.3. The van der Waals surface area contributed by atoms with Gasteiger partial charge >= 0.3 is 0 Å². The van der Waals surface area contributed by atoms with Crippen LogP contribution in [0.5, 0.6) is 0 Å². The third-order valence-corrected chi connectivity index (χ3v) is 22.6. The number of pyridine rings is 4. The molecule has 102 heavy (non-hydrogen) atoms. The Morgan fingerprint density at radius 3 is 0.990 bits per heavy atom. The van der Waals surface area contributed by atoms with Crippen molar-refractivity contribution in [3.05, 3.63) is 246 Å². The predicted octanol–water partition coefficient (Wildman–Crippen LogP) is 17.5. The Morgan fingerprint density at radius 1 is 0.441 bits per heavy atom. The molecule has 1 saturated carbocycles.